The molecule has 1 aromatic carbocycles. The van der Waals surface area contributed by atoms with Gasteiger partial charge in [-0.1, -0.05) is 37.4 Å². The Kier molecular flexibility index (Phi) is 5.33. The summed E-state index contributed by atoms with van der Waals surface area (Å²) in [6.45, 7) is 1.66. The molecule has 1 aromatic rings. The number of carbonyl (C=O) groups excluding carboxylic acids is 3. The van der Waals surface area contributed by atoms with Crippen LogP contribution in [0.15, 0.2) is 18.2 Å². The average Bonchev–Trinajstić information content (AvgIpc) is 2.82. The minimum atomic E-state index is -0.861. The van der Waals surface area contributed by atoms with Crippen LogP contribution in [-0.4, -0.2) is 48.9 Å². The highest BCUT2D eigenvalue weighted by atomic mass is 35.5. The van der Waals surface area contributed by atoms with E-state index in [0.29, 0.717) is 22.8 Å². The van der Waals surface area contributed by atoms with Gasteiger partial charge in [0.2, 0.25) is 5.91 Å². The maximum atomic E-state index is 13.0. The number of imide groups is 1. The van der Waals surface area contributed by atoms with Gasteiger partial charge in [0.05, 0.1) is 16.4 Å². The largest absolute Gasteiger partial charge is 0.375 e. The van der Waals surface area contributed by atoms with Crippen LogP contribution in [0, 0.1) is 5.92 Å². The van der Waals surface area contributed by atoms with Crippen LogP contribution in [-0.2, 0) is 9.59 Å². The monoisotopic (exact) mass is 392 g/mol. The van der Waals surface area contributed by atoms with Crippen molar-refractivity contribution in [3.63, 3.8) is 0 Å². The van der Waals surface area contributed by atoms with Crippen LogP contribution in [0.25, 0.3) is 0 Å². The molecule has 3 rings (SSSR count). The quantitative estimate of drug-likeness (QED) is 0.772. The van der Waals surface area contributed by atoms with E-state index in [1.54, 1.807) is 23.1 Å². The number of hydrogen-bond donors (Lipinski definition) is 2. The summed E-state index contributed by atoms with van der Waals surface area (Å²) in [5, 5.41) is 6.12. The van der Waals surface area contributed by atoms with Crippen molar-refractivity contribution in [2.45, 2.75) is 38.1 Å². The van der Waals surface area contributed by atoms with E-state index in [1.165, 1.54) is 0 Å². The first-order valence-corrected chi connectivity index (χ1v) is 9.54. The van der Waals surface area contributed by atoms with Crippen molar-refractivity contribution >= 4 is 40.8 Å². The van der Waals surface area contributed by atoms with Gasteiger partial charge < -0.3 is 15.5 Å². The number of halogens is 1. The number of amides is 4. The molecule has 0 radical (unpaired) electrons. The summed E-state index contributed by atoms with van der Waals surface area (Å²) in [5.74, 6) is -0.679. The van der Waals surface area contributed by atoms with Gasteiger partial charge in [0.1, 0.15) is 12.1 Å². The lowest BCUT2D eigenvalue weighted by Gasteiger charge is -2.36. The van der Waals surface area contributed by atoms with Gasteiger partial charge in [-0.3, -0.25) is 14.5 Å². The second kappa shape index (κ2) is 7.38. The van der Waals surface area contributed by atoms with Crippen molar-refractivity contribution in [2.24, 2.45) is 5.92 Å². The lowest BCUT2D eigenvalue weighted by Crippen LogP contribution is -2.54. The minimum Gasteiger partial charge on any atom is -0.375 e. The Bertz CT molecular complexity index is 782. The van der Waals surface area contributed by atoms with E-state index in [4.69, 9.17) is 11.6 Å². The summed E-state index contributed by atoms with van der Waals surface area (Å²) in [4.78, 5) is 40.7. The van der Waals surface area contributed by atoms with Crippen LogP contribution >= 0.6 is 11.6 Å². The molecule has 0 aromatic heterocycles. The number of anilines is 2. The zero-order valence-corrected chi connectivity index (χ0v) is 16.6. The van der Waals surface area contributed by atoms with E-state index in [-0.39, 0.29) is 18.4 Å². The average molecular weight is 393 g/mol. The molecule has 2 fully saturated rings. The van der Waals surface area contributed by atoms with Gasteiger partial charge in [0.15, 0.2) is 0 Å². The van der Waals surface area contributed by atoms with Crippen LogP contribution in [0.3, 0.4) is 0 Å². The molecule has 1 heterocycles. The molecule has 7 nitrogen and oxygen atoms in total. The maximum absolute atomic E-state index is 13.0. The molecular formula is C19H25ClN4O3. The molecule has 1 spiro atoms. The second-order valence-electron chi connectivity index (χ2n) is 7.52. The molecule has 1 aliphatic heterocycles. The zero-order valence-electron chi connectivity index (χ0n) is 15.8. The van der Waals surface area contributed by atoms with Crippen LogP contribution in [0.1, 0.15) is 32.6 Å². The van der Waals surface area contributed by atoms with Gasteiger partial charge >= 0.3 is 6.03 Å². The summed E-state index contributed by atoms with van der Waals surface area (Å²) < 4.78 is 0. The third-order valence-corrected chi connectivity index (χ3v) is 5.82. The molecule has 0 bridgehead atoms. The maximum Gasteiger partial charge on any atom is 0.325 e. The molecule has 1 aliphatic carbocycles. The van der Waals surface area contributed by atoms with E-state index < -0.39 is 17.5 Å². The first kappa shape index (κ1) is 19.5. The van der Waals surface area contributed by atoms with Gasteiger partial charge in [-0.25, -0.2) is 4.79 Å². The van der Waals surface area contributed by atoms with Crippen LogP contribution < -0.4 is 15.5 Å². The first-order valence-electron chi connectivity index (χ1n) is 9.16. The molecule has 4 amide bonds. The summed E-state index contributed by atoms with van der Waals surface area (Å²) in [6.07, 6.45) is 3.45. The number of benzene rings is 1. The molecular weight excluding hydrogens is 368 g/mol. The van der Waals surface area contributed by atoms with Gasteiger partial charge in [-0.2, -0.15) is 0 Å². The number of carbonyl (C=O) groups is 3. The van der Waals surface area contributed by atoms with Crippen LogP contribution in [0.4, 0.5) is 16.2 Å². The van der Waals surface area contributed by atoms with Crippen molar-refractivity contribution in [1.82, 2.24) is 10.2 Å². The molecule has 8 heteroatoms. The third kappa shape index (κ3) is 3.48. The van der Waals surface area contributed by atoms with Crippen LogP contribution in [0.2, 0.25) is 5.02 Å². The second-order valence-corrected chi connectivity index (χ2v) is 7.93. The number of nitrogens with zero attached hydrogens (tertiary/aromatic N) is 2. The molecule has 2 N–H and O–H groups in total. The SMILES string of the molecule is CC1CCCCC12NC(=O)N(CC(=O)Nc1cccc(Cl)c1N(C)C)C2=O. The van der Waals surface area contributed by atoms with Crippen molar-refractivity contribution in [3.05, 3.63) is 23.2 Å². The summed E-state index contributed by atoms with van der Waals surface area (Å²) in [5.41, 5.74) is 0.341. The smallest absolute Gasteiger partial charge is 0.325 e. The Morgan fingerprint density at radius 1 is 1.37 bits per heavy atom. The Morgan fingerprint density at radius 2 is 2.11 bits per heavy atom. The molecule has 27 heavy (non-hydrogen) atoms. The fraction of sp³-hybridized carbons (Fsp3) is 0.526. The molecule has 2 atom stereocenters. The number of urea groups is 1. The Hall–Kier alpha value is -2.28. The lowest BCUT2D eigenvalue weighted by molar-refractivity contribution is -0.136. The predicted octanol–water partition coefficient (Wildman–Crippen LogP) is 2.85. The Morgan fingerprint density at radius 3 is 2.78 bits per heavy atom. The highest BCUT2D eigenvalue weighted by Crippen LogP contribution is 2.38. The fourth-order valence-corrected chi connectivity index (χ4v) is 4.39. The van der Waals surface area contributed by atoms with Crippen molar-refractivity contribution < 1.29 is 14.4 Å². The predicted molar refractivity (Wildman–Crippen MR) is 105 cm³/mol. The molecule has 1 saturated carbocycles. The summed E-state index contributed by atoms with van der Waals surface area (Å²) in [7, 11) is 3.64. The van der Waals surface area contributed by atoms with Gasteiger partial charge in [-0.05, 0) is 30.9 Å². The van der Waals surface area contributed by atoms with E-state index in [1.807, 2.05) is 21.0 Å². The highest BCUT2D eigenvalue weighted by Gasteiger charge is 2.55. The van der Waals surface area contributed by atoms with Crippen molar-refractivity contribution in [1.29, 1.82) is 0 Å². The van der Waals surface area contributed by atoms with E-state index >= 15 is 0 Å². The third-order valence-electron chi connectivity index (χ3n) is 5.51. The minimum absolute atomic E-state index is 0.0593. The van der Waals surface area contributed by atoms with Crippen LogP contribution in [0.5, 0.6) is 0 Å². The zero-order chi connectivity index (χ0) is 19.8. The molecule has 146 valence electrons. The van der Waals surface area contributed by atoms with E-state index in [2.05, 4.69) is 10.6 Å². The van der Waals surface area contributed by atoms with E-state index in [0.717, 1.165) is 24.2 Å². The normalized spacial score (nSPS) is 24.9. The molecule has 1 saturated heterocycles. The molecule has 2 aliphatic rings. The first-order chi connectivity index (χ1) is 12.8. The fourth-order valence-electron chi connectivity index (χ4n) is 4.04. The topological polar surface area (TPSA) is 81.8 Å². The van der Waals surface area contributed by atoms with Crippen molar-refractivity contribution in [3.8, 4) is 0 Å². The number of rotatable bonds is 4. The van der Waals surface area contributed by atoms with Gasteiger partial charge in [-0.15, -0.1) is 0 Å². The molecule has 2 unspecified atom stereocenters. The van der Waals surface area contributed by atoms with E-state index in [9.17, 15) is 14.4 Å². The standard InChI is InChI=1S/C19H25ClN4O3/c1-12-7-4-5-10-19(12)17(26)24(18(27)22-19)11-15(25)21-14-9-6-8-13(20)16(14)23(2)3/h6,8-9,12H,4-5,7,10-11H2,1-3H3,(H,21,25)(H,22,27). The lowest BCUT2D eigenvalue weighted by atomic mass is 9.73. The number of hydrogen-bond acceptors (Lipinski definition) is 4. The Balaban J connectivity index is 1.75. The Labute approximate surface area is 164 Å². The number of para-hydroxylation sites is 1. The number of nitrogens with one attached hydrogen (secondary N) is 2. The summed E-state index contributed by atoms with van der Waals surface area (Å²) >= 11 is 6.22. The summed E-state index contributed by atoms with van der Waals surface area (Å²) in [6, 6.07) is 4.70. The highest BCUT2D eigenvalue weighted by molar-refractivity contribution is 6.34. The van der Waals surface area contributed by atoms with Gasteiger partial charge in [0, 0.05) is 14.1 Å². The van der Waals surface area contributed by atoms with Gasteiger partial charge in [0.25, 0.3) is 5.91 Å². The van der Waals surface area contributed by atoms with Crippen molar-refractivity contribution in [2.75, 3.05) is 30.9 Å².